The van der Waals surface area contributed by atoms with E-state index in [9.17, 15) is 8.42 Å². The summed E-state index contributed by atoms with van der Waals surface area (Å²) in [5.41, 5.74) is 3.09. The van der Waals surface area contributed by atoms with Crippen LogP contribution in [0.3, 0.4) is 0 Å². The molecule has 1 N–H and O–H groups in total. The Labute approximate surface area is 136 Å². The molecular weight excluding hydrogens is 318 g/mol. The van der Waals surface area contributed by atoms with Crippen molar-refractivity contribution in [3.63, 3.8) is 0 Å². The van der Waals surface area contributed by atoms with E-state index in [0.29, 0.717) is 5.02 Å². The lowest BCUT2D eigenvalue weighted by atomic mass is 9.88. The molecule has 3 nitrogen and oxygen atoms in total. The third-order valence-corrected chi connectivity index (χ3v) is 5.57. The average molecular weight is 336 g/mol. The molecule has 0 radical (unpaired) electrons. The Balaban J connectivity index is 1.76. The number of sulfonamides is 1. The maximum absolute atomic E-state index is 12.4. The molecule has 116 valence electrons. The number of aryl methyl sites for hydroxylation is 1. The van der Waals surface area contributed by atoms with Crippen LogP contribution in [-0.4, -0.2) is 8.42 Å². The molecule has 0 heterocycles. The highest BCUT2D eigenvalue weighted by Crippen LogP contribution is 2.30. The van der Waals surface area contributed by atoms with E-state index in [0.717, 1.165) is 30.4 Å². The first-order valence-electron chi connectivity index (χ1n) is 7.36. The number of hydrogen-bond acceptors (Lipinski definition) is 2. The summed E-state index contributed by atoms with van der Waals surface area (Å²) >= 11 is 5.83. The smallest absolute Gasteiger partial charge is 0.212 e. The van der Waals surface area contributed by atoms with Crippen LogP contribution < -0.4 is 4.72 Å². The third kappa shape index (κ3) is 3.69. The van der Waals surface area contributed by atoms with E-state index in [2.05, 4.69) is 10.8 Å². The molecular formula is C17H18ClNO2S. The van der Waals surface area contributed by atoms with Crippen LogP contribution in [0.1, 0.15) is 35.6 Å². The molecule has 1 atom stereocenters. The molecule has 0 spiro atoms. The van der Waals surface area contributed by atoms with E-state index >= 15 is 0 Å². The van der Waals surface area contributed by atoms with E-state index in [-0.39, 0.29) is 11.8 Å². The van der Waals surface area contributed by atoms with Crippen LogP contribution >= 0.6 is 11.6 Å². The van der Waals surface area contributed by atoms with Gasteiger partial charge in [0, 0.05) is 11.1 Å². The van der Waals surface area contributed by atoms with Crippen LogP contribution in [0, 0.1) is 0 Å². The minimum Gasteiger partial charge on any atom is -0.212 e. The molecule has 2 aromatic rings. The van der Waals surface area contributed by atoms with Crippen molar-refractivity contribution in [3.05, 3.63) is 70.2 Å². The fourth-order valence-electron chi connectivity index (χ4n) is 2.93. The largest absolute Gasteiger partial charge is 0.216 e. The Morgan fingerprint density at radius 2 is 1.82 bits per heavy atom. The molecule has 0 amide bonds. The highest BCUT2D eigenvalue weighted by Gasteiger charge is 2.24. The normalized spacial score (nSPS) is 18.0. The molecule has 0 bridgehead atoms. The van der Waals surface area contributed by atoms with E-state index in [1.165, 1.54) is 5.56 Å². The van der Waals surface area contributed by atoms with Gasteiger partial charge >= 0.3 is 0 Å². The third-order valence-electron chi connectivity index (χ3n) is 3.96. The van der Waals surface area contributed by atoms with Gasteiger partial charge in [-0.2, -0.15) is 0 Å². The maximum Gasteiger partial charge on any atom is 0.216 e. The van der Waals surface area contributed by atoms with Gasteiger partial charge < -0.3 is 0 Å². The van der Waals surface area contributed by atoms with Gasteiger partial charge in [0.25, 0.3) is 0 Å². The lowest BCUT2D eigenvalue weighted by molar-refractivity contribution is 0.507. The Morgan fingerprint density at radius 3 is 2.59 bits per heavy atom. The first-order valence-corrected chi connectivity index (χ1v) is 9.39. The topological polar surface area (TPSA) is 46.2 Å². The molecule has 0 fully saturated rings. The van der Waals surface area contributed by atoms with Gasteiger partial charge in [-0.25, -0.2) is 13.1 Å². The van der Waals surface area contributed by atoms with Crippen molar-refractivity contribution in [2.24, 2.45) is 0 Å². The van der Waals surface area contributed by atoms with Gasteiger partial charge in [-0.05, 0) is 48.1 Å². The van der Waals surface area contributed by atoms with Crippen LogP contribution in [0.25, 0.3) is 0 Å². The van der Waals surface area contributed by atoms with Gasteiger partial charge in [-0.15, -0.1) is 0 Å². The molecule has 5 heteroatoms. The Hall–Kier alpha value is -1.36. The van der Waals surface area contributed by atoms with Crippen molar-refractivity contribution in [3.8, 4) is 0 Å². The molecule has 0 unspecified atom stereocenters. The monoisotopic (exact) mass is 335 g/mol. The van der Waals surface area contributed by atoms with Gasteiger partial charge in [0.2, 0.25) is 10.0 Å². The number of hydrogen-bond donors (Lipinski definition) is 1. The van der Waals surface area contributed by atoms with E-state index in [1.807, 2.05) is 18.2 Å². The second kappa shape index (κ2) is 6.41. The molecule has 0 saturated carbocycles. The van der Waals surface area contributed by atoms with E-state index < -0.39 is 10.0 Å². The first kappa shape index (κ1) is 15.5. The minimum absolute atomic E-state index is 0.0250. The fraction of sp³-hybridized carbons (Fsp3) is 0.294. The summed E-state index contributed by atoms with van der Waals surface area (Å²) in [6.45, 7) is 0. The number of halogens is 1. The highest BCUT2D eigenvalue weighted by molar-refractivity contribution is 7.88. The van der Waals surface area contributed by atoms with Crippen LogP contribution in [0.15, 0.2) is 48.5 Å². The molecule has 1 aliphatic rings. The standard InChI is InChI=1S/C17H18ClNO2S/c18-15-10-8-13(9-11-15)12-22(20,21)19-17-7-3-5-14-4-1-2-6-16(14)17/h1-2,4,6,8-11,17,19H,3,5,7,12H2/t17-/m0/s1. The SMILES string of the molecule is O=S(=O)(Cc1ccc(Cl)cc1)N[C@H]1CCCc2ccccc21. The molecule has 0 aromatic heterocycles. The Morgan fingerprint density at radius 1 is 1.09 bits per heavy atom. The summed E-state index contributed by atoms with van der Waals surface area (Å²) in [7, 11) is -3.38. The minimum atomic E-state index is -3.38. The zero-order chi connectivity index (χ0) is 15.6. The van der Waals surface area contributed by atoms with Gasteiger partial charge in [0.05, 0.1) is 5.75 Å². The maximum atomic E-state index is 12.4. The predicted molar refractivity (Wildman–Crippen MR) is 89.3 cm³/mol. The summed E-state index contributed by atoms with van der Waals surface area (Å²) < 4.78 is 27.7. The Kier molecular flexibility index (Phi) is 4.52. The average Bonchev–Trinajstić information content (AvgIpc) is 2.49. The summed E-state index contributed by atoms with van der Waals surface area (Å²) in [6.07, 6.45) is 2.87. The number of rotatable bonds is 4. The lowest BCUT2D eigenvalue weighted by Crippen LogP contribution is -2.31. The molecule has 0 saturated heterocycles. The highest BCUT2D eigenvalue weighted by atomic mass is 35.5. The molecule has 2 aromatic carbocycles. The van der Waals surface area contributed by atoms with Gasteiger partial charge in [0.15, 0.2) is 0 Å². The zero-order valence-electron chi connectivity index (χ0n) is 12.1. The summed E-state index contributed by atoms with van der Waals surface area (Å²) in [5.74, 6) is -0.0250. The quantitative estimate of drug-likeness (QED) is 0.922. The molecule has 1 aliphatic carbocycles. The predicted octanol–water partition coefficient (Wildman–Crippen LogP) is 3.84. The summed E-state index contributed by atoms with van der Waals surface area (Å²) in [5, 5.41) is 0.607. The van der Waals surface area contributed by atoms with Crippen molar-refractivity contribution in [2.75, 3.05) is 0 Å². The lowest BCUT2D eigenvalue weighted by Gasteiger charge is -2.26. The second-order valence-corrected chi connectivity index (χ2v) is 7.84. The van der Waals surface area contributed by atoms with Crippen LogP contribution in [-0.2, 0) is 22.2 Å². The number of benzene rings is 2. The van der Waals surface area contributed by atoms with Crippen LogP contribution in [0.4, 0.5) is 0 Å². The van der Waals surface area contributed by atoms with Crippen molar-refractivity contribution >= 4 is 21.6 Å². The van der Waals surface area contributed by atoms with Gasteiger partial charge in [-0.1, -0.05) is 48.0 Å². The number of nitrogens with one attached hydrogen (secondary N) is 1. The van der Waals surface area contributed by atoms with Crippen molar-refractivity contribution < 1.29 is 8.42 Å². The summed E-state index contributed by atoms with van der Waals surface area (Å²) in [6, 6.07) is 14.9. The Bertz CT molecular complexity index is 756. The van der Waals surface area contributed by atoms with Crippen LogP contribution in [0.5, 0.6) is 0 Å². The van der Waals surface area contributed by atoms with Crippen LogP contribution in [0.2, 0.25) is 5.02 Å². The fourth-order valence-corrected chi connectivity index (χ4v) is 4.45. The zero-order valence-corrected chi connectivity index (χ0v) is 13.7. The second-order valence-electron chi connectivity index (χ2n) is 5.65. The van der Waals surface area contributed by atoms with Crippen molar-refractivity contribution in [1.29, 1.82) is 0 Å². The summed E-state index contributed by atoms with van der Waals surface area (Å²) in [4.78, 5) is 0. The van der Waals surface area contributed by atoms with Crippen molar-refractivity contribution in [1.82, 2.24) is 4.72 Å². The van der Waals surface area contributed by atoms with E-state index in [4.69, 9.17) is 11.6 Å². The molecule has 22 heavy (non-hydrogen) atoms. The number of fused-ring (bicyclic) bond motifs is 1. The first-order chi connectivity index (χ1) is 10.5. The van der Waals surface area contributed by atoms with Gasteiger partial charge in [-0.3, -0.25) is 0 Å². The van der Waals surface area contributed by atoms with Gasteiger partial charge in [0.1, 0.15) is 0 Å². The van der Waals surface area contributed by atoms with Crippen molar-refractivity contribution in [2.45, 2.75) is 31.1 Å². The molecule has 3 rings (SSSR count). The molecule has 0 aliphatic heterocycles. The van der Waals surface area contributed by atoms with E-state index in [1.54, 1.807) is 24.3 Å².